The fourth-order valence-corrected chi connectivity index (χ4v) is 1.72. The monoisotopic (exact) mass is 257 g/mol. The number of carbonyl (C=O) groups excluding carboxylic acids is 1. The van der Waals surface area contributed by atoms with Crippen LogP contribution in [-0.2, 0) is 9.47 Å². The molecule has 0 radical (unpaired) electrons. The summed E-state index contributed by atoms with van der Waals surface area (Å²) in [6, 6.07) is 3.01. The summed E-state index contributed by atoms with van der Waals surface area (Å²) in [5.74, 6) is -0.240. The first-order valence-corrected chi connectivity index (χ1v) is 5.41. The van der Waals surface area contributed by atoms with Gasteiger partial charge in [-0.05, 0) is 12.1 Å². The predicted octanol–water partition coefficient (Wildman–Crippen LogP) is 1.49. The highest BCUT2D eigenvalue weighted by atomic mass is 35.5. The molecular weight excluding hydrogens is 246 g/mol. The highest BCUT2D eigenvalue weighted by Crippen LogP contribution is 2.33. The molecule has 1 aliphatic heterocycles. The molecule has 1 heterocycles. The molecule has 2 rings (SSSR count). The average Bonchev–Trinajstić information content (AvgIpc) is 2.23. The van der Waals surface area contributed by atoms with Crippen molar-refractivity contribution in [3.63, 3.8) is 0 Å². The number of hydrogen-bond acceptors (Lipinski definition) is 5. The van der Waals surface area contributed by atoms with Gasteiger partial charge >= 0.3 is 5.97 Å². The molecule has 0 aliphatic carbocycles. The third-order valence-corrected chi connectivity index (χ3v) is 2.64. The van der Waals surface area contributed by atoms with Crippen molar-refractivity contribution in [2.75, 3.05) is 26.1 Å². The van der Waals surface area contributed by atoms with E-state index in [1.165, 1.54) is 19.2 Å². The summed E-state index contributed by atoms with van der Waals surface area (Å²) in [7, 11) is 1.29. The van der Waals surface area contributed by atoms with Crippen LogP contribution in [0.25, 0.3) is 0 Å². The van der Waals surface area contributed by atoms with E-state index in [1.54, 1.807) is 0 Å². The number of nitrogens with two attached hydrogens (primary N) is 1. The Balaban J connectivity index is 2.35. The second kappa shape index (κ2) is 4.81. The van der Waals surface area contributed by atoms with E-state index in [1.807, 2.05) is 0 Å². The number of rotatable bonds is 3. The van der Waals surface area contributed by atoms with Crippen LogP contribution >= 0.6 is 11.6 Å². The molecule has 1 saturated heterocycles. The molecule has 6 heteroatoms. The summed E-state index contributed by atoms with van der Waals surface area (Å²) in [6.45, 7) is 0.975. The third kappa shape index (κ3) is 2.45. The lowest BCUT2D eigenvalue weighted by Crippen LogP contribution is -2.39. The van der Waals surface area contributed by atoms with E-state index in [4.69, 9.17) is 26.8 Å². The second-order valence-electron chi connectivity index (χ2n) is 3.65. The molecular formula is C11H12ClNO4. The van der Waals surface area contributed by atoms with Crippen LogP contribution in [0.5, 0.6) is 5.75 Å². The first kappa shape index (κ1) is 12.0. The van der Waals surface area contributed by atoms with Crippen LogP contribution in [0.3, 0.4) is 0 Å². The standard InChI is InChI=1S/C11H12ClNO4/c1-15-11(14)8-2-6(13)3-9(12)10(8)17-7-4-16-5-7/h2-3,7H,4-5,13H2,1H3. The number of carbonyl (C=O) groups is 1. The number of anilines is 1. The fourth-order valence-electron chi connectivity index (χ4n) is 1.44. The van der Waals surface area contributed by atoms with Crippen molar-refractivity contribution in [2.24, 2.45) is 0 Å². The minimum atomic E-state index is -0.533. The Labute approximate surface area is 103 Å². The second-order valence-corrected chi connectivity index (χ2v) is 4.06. The lowest BCUT2D eigenvalue weighted by Gasteiger charge is -2.28. The van der Waals surface area contributed by atoms with Crippen molar-refractivity contribution in [2.45, 2.75) is 6.10 Å². The SMILES string of the molecule is COC(=O)c1cc(N)cc(Cl)c1OC1COC1. The van der Waals surface area contributed by atoms with Gasteiger partial charge in [0, 0.05) is 5.69 Å². The minimum absolute atomic E-state index is 0.0838. The van der Waals surface area contributed by atoms with Crippen LogP contribution in [0.1, 0.15) is 10.4 Å². The summed E-state index contributed by atoms with van der Waals surface area (Å²) < 4.78 is 15.2. The van der Waals surface area contributed by atoms with Gasteiger partial charge in [-0.15, -0.1) is 0 Å². The summed E-state index contributed by atoms with van der Waals surface area (Å²) in [5, 5.41) is 0.289. The predicted molar refractivity (Wildman–Crippen MR) is 62.4 cm³/mol. The number of ether oxygens (including phenoxy) is 3. The number of methoxy groups -OCH3 is 1. The van der Waals surface area contributed by atoms with Crippen LogP contribution in [0, 0.1) is 0 Å². The van der Waals surface area contributed by atoms with Gasteiger partial charge in [0.15, 0.2) is 5.75 Å². The van der Waals surface area contributed by atoms with Crippen LogP contribution < -0.4 is 10.5 Å². The van der Waals surface area contributed by atoms with Crippen molar-refractivity contribution < 1.29 is 19.0 Å². The molecule has 17 heavy (non-hydrogen) atoms. The highest BCUT2D eigenvalue weighted by molar-refractivity contribution is 6.33. The quantitative estimate of drug-likeness (QED) is 0.656. The average molecular weight is 258 g/mol. The van der Waals surface area contributed by atoms with Gasteiger partial charge in [0.1, 0.15) is 11.7 Å². The molecule has 1 aliphatic rings. The molecule has 0 saturated carbocycles. The maximum atomic E-state index is 11.6. The Morgan fingerprint density at radius 3 is 2.76 bits per heavy atom. The molecule has 0 atom stereocenters. The van der Waals surface area contributed by atoms with E-state index >= 15 is 0 Å². The summed E-state index contributed by atoms with van der Waals surface area (Å²) in [5.41, 5.74) is 6.23. The molecule has 0 spiro atoms. The lowest BCUT2D eigenvalue weighted by atomic mass is 10.1. The zero-order chi connectivity index (χ0) is 12.4. The van der Waals surface area contributed by atoms with Gasteiger partial charge in [-0.25, -0.2) is 4.79 Å². The van der Waals surface area contributed by atoms with Gasteiger partial charge in [-0.2, -0.15) is 0 Å². The Kier molecular flexibility index (Phi) is 3.40. The molecule has 5 nitrogen and oxygen atoms in total. The van der Waals surface area contributed by atoms with Gasteiger partial charge in [-0.3, -0.25) is 0 Å². The Morgan fingerprint density at radius 1 is 1.53 bits per heavy atom. The van der Waals surface area contributed by atoms with Crippen LogP contribution in [0.4, 0.5) is 5.69 Å². The highest BCUT2D eigenvalue weighted by Gasteiger charge is 2.25. The first-order valence-electron chi connectivity index (χ1n) is 5.03. The fraction of sp³-hybridized carbons (Fsp3) is 0.364. The zero-order valence-corrected chi connectivity index (χ0v) is 9.99. The molecule has 1 aromatic rings. The Hall–Kier alpha value is -1.46. The molecule has 1 aromatic carbocycles. The van der Waals surface area contributed by atoms with E-state index in [9.17, 15) is 4.79 Å². The van der Waals surface area contributed by atoms with Gasteiger partial charge in [0.2, 0.25) is 0 Å². The van der Waals surface area contributed by atoms with E-state index in [-0.39, 0.29) is 16.7 Å². The molecule has 92 valence electrons. The molecule has 0 aromatic heterocycles. The number of benzene rings is 1. The summed E-state index contributed by atoms with van der Waals surface area (Å²) in [6.07, 6.45) is -0.0838. The van der Waals surface area contributed by atoms with Crippen molar-refractivity contribution in [3.8, 4) is 5.75 Å². The lowest BCUT2D eigenvalue weighted by molar-refractivity contribution is -0.0799. The van der Waals surface area contributed by atoms with Gasteiger partial charge in [-0.1, -0.05) is 11.6 Å². The maximum Gasteiger partial charge on any atom is 0.341 e. The molecule has 0 amide bonds. The minimum Gasteiger partial charge on any atom is -0.483 e. The number of esters is 1. The molecule has 2 N–H and O–H groups in total. The topological polar surface area (TPSA) is 70.8 Å². The Bertz CT molecular complexity index is 445. The van der Waals surface area contributed by atoms with Gasteiger partial charge < -0.3 is 19.9 Å². The smallest absolute Gasteiger partial charge is 0.341 e. The van der Waals surface area contributed by atoms with Crippen molar-refractivity contribution >= 4 is 23.3 Å². The van der Waals surface area contributed by atoms with Crippen molar-refractivity contribution in [1.29, 1.82) is 0 Å². The molecule has 0 unspecified atom stereocenters. The normalized spacial score (nSPS) is 15.2. The van der Waals surface area contributed by atoms with E-state index in [2.05, 4.69) is 4.74 Å². The zero-order valence-electron chi connectivity index (χ0n) is 9.23. The maximum absolute atomic E-state index is 11.6. The summed E-state index contributed by atoms with van der Waals surface area (Å²) in [4.78, 5) is 11.6. The molecule has 0 bridgehead atoms. The van der Waals surface area contributed by atoms with E-state index < -0.39 is 5.97 Å². The molecule has 1 fully saturated rings. The van der Waals surface area contributed by atoms with Crippen LogP contribution in [0.2, 0.25) is 5.02 Å². The van der Waals surface area contributed by atoms with Crippen LogP contribution in [-0.4, -0.2) is 32.4 Å². The van der Waals surface area contributed by atoms with E-state index in [0.717, 1.165) is 0 Å². The van der Waals surface area contributed by atoms with Gasteiger partial charge in [0.25, 0.3) is 0 Å². The number of hydrogen-bond donors (Lipinski definition) is 1. The third-order valence-electron chi connectivity index (χ3n) is 2.36. The first-order chi connectivity index (χ1) is 8.11. The van der Waals surface area contributed by atoms with Crippen LogP contribution in [0.15, 0.2) is 12.1 Å². The van der Waals surface area contributed by atoms with Crippen molar-refractivity contribution in [3.05, 3.63) is 22.7 Å². The largest absolute Gasteiger partial charge is 0.483 e. The van der Waals surface area contributed by atoms with E-state index in [0.29, 0.717) is 24.7 Å². The van der Waals surface area contributed by atoms with Crippen molar-refractivity contribution in [1.82, 2.24) is 0 Å². The Morgan fingerprint density at radius 2 is 2.24 bits per heavy atom. The summed E-state index contributed by atoms with van der Waals surface area (Å²) >= 11 is 6.01. The van der Waals surface area contributed by atoms with Gasteiger partial charge in [0.05, 0.1) is 25.3 Å². The number of nitrogen functional groups attached to an aromatic ring is 1. The number of halogens is 1.